The molecular weight excluding hydrogens is 364 g/mol. The van der Waals surface area contributed by atoms with Crippen molar-refractivity contribution in [1.82, 2.24) is 0 Å². The summed E-state index contributed by atoms with van der Waals surface area (Å²) in [5.41, 5.74) is 0. The summed E-state index contributed by atoms with van der Waals surface area (Å²) in [4.78, 5) is 22.3. The average Bonchev–Trinajstić information content (AvgIpc) is 2.75. The monoisotopic (exact) mass is 400 g/mol. The first-order chi connectivity index (χ1) is 13.5. The molecule has 28 heavy (non-hydrogen) atoms. The Morgan fingerprint density at radius 3 is 1.79 bits per heavy atom. The van der Waals surface area contributed by atoms with Crippen LogP contribution in [-0.2, 0) is 28.5 Å². The molecule has 3 aliphatic rings. The van der Waals surface area contributed by atoms with Gasteiger partial charge in [-0.3, -0.25) is 9.59 Å². The highest BCUT2D eigenvalue weighted by Crippen LogP contribution is 2.29. The Hall–Kier alpha value is -1.18. The molecule has 3 fully saturated rings. The zero-order valence-electron chi connectivity index (χ0n) is 17.3. The Kier molecular flexibility index (Phi) is 10.2. The third-order valence-electron chi connectivity index (χ3n) is 5.92. The summed E-state index contributed by atoms with van der Waals surface area (Å²) in [5.74, 6) is -0.0928. The normalized spacial score (nSPS) is 33.2. The molecule has 1 aliphatic heterocycles. The summed E-state index contributed by atoms with van der Waals surface area (Å²) in [6.07, 6.45) is 10.1. The molecule has 0 radical (unpaired) electrons. The van der Waals surface area contributed by atoms with Gasteiger partial charge in [-0.05, 0) is 70.6 Å². The molecule has 0 aromatic heterocycles. The van der Waals surface area contributed by atoms with Gasteiger partial charge in [0, 0.05) is 6.61 Å². The lowest BCUT2D eigenvalue weighted by atomic mass is 9.87. The van der Waals surface area contributed by atoms with Crippen LogP contribution in [0.1, 0.15) is 70.6 Å². The van der Waals surface area contributed by atoms with Crippen molar-refractivity contribution in [3.63, 3.8) is 0 Å². The van der Waals surface area contributed by atoms with E-state index in [1.807, 2.05) is 0 Å². The molecule has 2 aliphatic carbocycles. The summed E-state index contributed by atoms with van der Waals surface area (Å²) in [6.45, 7) is 0.822. The molecule has 1 heterocycles. The van der Waals surface area contributed by atoms with Gasteiger partial charge in [0.1, 0.15) is 0 Å². The second-order valence-electron chi connectivity index (χ2n) is 7.96. The maximum absolute atomic E-state index is 11.4. The lowest BCUT2D eigenvalue weighted by molar-refractivity contribution is -0.195. The van der Waals surface area contributed by atoms with Crippen LogP contribution in [0.3, 0.4) is 0 Å². The Morgan fingerprint density at radius 2 is 1.32 bits per heavy atom. The van der Waals surface area contributed by atoms with Crippen molar-refractivity contribution in [3.05, 3.63) is 0 Å². The van der Waals surface area contributed by atoms with Crippen molar-refractivity contribution in [2.45, 2.75) is 89.1 Å². The highest BCUT2D eigenvalue weighted by Gasteiger charge is 2.29. The van der Waals surface area contributed by atoms with E-state index in [0.29, 0.717) is 0 Å². The van der Waals surface area contributed by atoms with E-state index < -0.39 is 0 Å². The van der Waals surface area contributed by atoms with Gasteiger partial charge in [-0.15, -0.1) is 0 Å². The van der Waals surface area contributed by atoms with Crippen LogP contribution in [0.4, 0.5) is 0 Å². The van der Waals surface area contributed by atoms with Crippen LogP contribution in [0.2, 0.25) is 0 Å². The molecule has 1 atom stereocenters. The van der Waals surface area contributed by atoms with E-state index in [1.165, 1.54) is 20.6 Å². The first-order valence-electron chi connectivity index (χ1n) is 10.6. The summed E-state index contributed by atoms with van der Waals surface area (Å²) in [6, 6.07) is 0. The van der Waals surface area contributed by atoms with E-state index in [9.17, 15) is 9.59 Å². The quantitative estimate of drug-likeness (QED) is 0.725. The summed E-state index contributed by atoms with van der Waals surface area (Å²) >= 11 is 0. The van der Waals surface area contributed by atoms with Crippen molar-refractivity contribution in [2.24, 2.45) is 11.8 Å². The fourth-order valence-corrected chi connectivity index (χ4v) is 4.11. The second-order valence-corrected chi connectivity index (χ2v) is 7.96. The van der Waals surface area contributed by atoms with Crippen LogP contribution in [-0.4, -0.2) is 56.4 Å². The zero-order valence-corrected chi connectivity index (χ0v) is 17.3. The van der Waals surface area contributed by atoms with E-state index in [2.05, 4.69) is 4.74 Å². The lowest BCUT2D eigenvalue weighted by Gasteiger charge is -2.31. The van der Waals surface area contributed by atoms with Gasteiger partial charge in [0.25, 0.3) is 0 Å². The number of ether oxygens (including phenoxy) is 4. The molecule has 0 bridgehead atoms. The van der Waals surface area contributed by atoms with Crippen LogP contribution in [0.15, 0.2) is 0 Å². The number of hydrogen-bond donors (Lipinski definition) is 1. The summed E-state index contributed by atoms with van der Waals surface area (Å²) < 4.78 is 20.9. The van der Waals surface area contributed by atoms with Gasteiger partial charge in [0.15, 0.2) is 6.29 Å². The maximum Gasteiger partial charge on any atom is 0.308 e. The van der Waals surface area contributed by atoms with Crippen LogP contribution in [0, 0.1) is 11.8 Å². The number of aliphatic hydroxyl groups excluding tert-OH is 1. The minimum atomic E-state index is -0.198. The van der Waals surface area contributed by atoms with Crippen LogP contribution < -0.4 is 0 Å². The van der Waals surface area contributed by atoms with Gasteiger partial charge in [-0.25, -0.2) is 0 Å². The molecule has 3 rings (SSSR count). The Morgan fingerprint density at radius 1 is 0.786 bits per heavy atom. The lowest BCUT2D eigenvalue weighted by Crippen LogP contribution is -2.32. The average molecular weight is 401 g/mol. The number of aliphatic hydroxyl groups is 1. The molecule has 1 saturated heterocycles. The smallest absolute Gasteiger partial charge is 0.308 e. The molecule has 7 heteroatoms. The van der Waals surface area contributed by atoms with E-state index in [-0.39, 0.29) is 42.3 Å². The fourth-order valence-electron chi connectivity index (χ4n) is 4.11. The molecule has 0 aromatic carbocycles. The number of hydrogen-bond acceptors (Lipinski definition) is 7. The first kappa shape index (κ1) is 23.1. The van der Waals surface area contributed by atoms with Gasteiger partial charge in [-0.2, -0.15) is 0 Å². The molecule has 162 valence electrons. The van der Waals surface area contributed by atoms with Crippen LogP contribution in [0.25, 0.3) is 0 Å². The molecule has 0 amide bonds. The fraction of sp³-hybridized carbons (Fsp3) is 0.905. The van der Waals surface area contributed by atoms with Gasteiger partial charge >= 0.3 is 11.9 Å². The van der Waals surface area contributed by atoms with Crippen LogP contribution in [0.5, 0.6) is 0 Å². The van der Waals surface area contributed by atoms with Crippen molar-refractivity contribution in [2.75, 3.05) is 20.8 Å². The zero-order chi connectivity index (χ0) is 20.4. The van der Waals surface area contributed by atoms with E-state index in [4.69, 9.17) is 19.3 Å². The summed E-state index contributed by atoms with van der Waals surface area (Å²) in [5, 5.41) is 9.13. The third-order valence-corrected chi connectivity index (χ3v) is 5.92. The van der Waals surface area contributed by atoms with Gasteiger partial charge in [0.2, 0.25) is 0 Å². The number of methoxy groups -OCH3 is 2. The number of carbonyl (C=O) groups is 2. The highest BCUT2D eigenvalue weighted by molar-refractivity contribution is 5.72. The summed E-state index contributed by atoms with van der Waals surface area (Å²) in [7, 11) is 2.87. The Bertz CT molecular complexity index is 459. The molecule has 0 aromatic rings. The number of rotatable bonds is 4. The Balaban J connectivity index is 0.000000221. The molecule has 1 unspecified atom stereocenters. The van der Waals surface area contributed by atoms with Gasteiger partial charge in [-0.1, -0.05) is 0 Å². The highest BCUT2D eigenvalue weighted by atomic mass is 16.7. The topological polar surface area (TPSA) is 91.3 Å². The minimum Gasteiger partial charge on any atom is -0.469 e. The van der Waals surface area contributed by atoms with Crippen molar-refractivity contribution in [3.8, 4) is 0 Å². The van der Waals surface area contributed by atoms with E-state index in [0.717, 1.165) is 70.8 Å². The predicted octanol–water partition coefficient (Wildman–Crippen LogP) is 2.97. The SMILES string of the molecule is COC(=O)C1CCC(O)CC1.COC(=O)C1CCC(OC2CCCCO2)CC1. The minimum absolute atomic E-state index is 0.0107. The van der Waals surface area contributed by atoms with E-state index in [1.54, 1.807) is 0 Å². The van der Waals surface area contributed by atoms with Crippen molar-refractivity contribution in [1.29, 1.82) is 0 Å². The van der Waals surface area contributed by atoms with Crippen LogP contribution >= 0.6 is 0 Å². The number of carbonyl (C=O) groups excluding carboxylic acids is 2. The largest absolute Gasteiger partial charge is 0.469 e. The third kappa shape index (κ3) is 7.68. The number of esters is 2. The predicted molar refractivity (Wildman–Crippen MR) is 102 cm³/mol. The van der Waals surface area contributed by atoms with Crippen molar-refractivity contribution < 1.29 is 33.6 Å². The first-order valence-corrected chi connectivity index (χ1v) is 10.6. The molecule has 7 nitrogen and oxygen atoms in total. The molecular formula is C21H36O7. The molecule has 2 saturated carbocycles. The van der Waals surface area contributed by atoms with E-state index >= 15 is 0 Å². The van der Waals surface area contributed by atoms with Crippen molar-refractivity contribution >= 4 is 11.9 Å². The van der Waals surface area contributed by atoms with Gasteiger partial charge < -0.3 is 24.1 Å². The molecule has 1 N–H and O–H groups in total. The second kappa shape index (κ2) is 12.4. The standard InChI is InChI=1S/C13H22O4.C8H14O3/c1-15-13(14)10-5-7-11(8-6-10)17-12-4-2-3-9-16-12;1-11-8(10)6-2-4-7(9)5-3-6/h10-12H,2-9H2,1H3;6-7,9H,2-5H2,1H3. The Labute approximate surface area is 168 Å². The maximum atomic E-state index is 11.4. The van der Waals surface area contributed by atoms with Gasteiger partial charge in [0.05, 0.1) is 38.3 Å². The molecule has 0 spiro atoms.